The number of nitrogens with two attached hydrogens (primary N) is 1. The standard InChI is InChI=1S/C32H26ClN5O7/c1-32(17-42-28(39)19-11-5-2-6-12-19)24(44-30(41)21-15-9-4-10-16-21)23(43-29(40)20-13-7-3-8-14-20)27(45-32)38-18-35-22-25(33)36-31(34)37-26(22)38/h2-16,18,23-24,27H,17H2,1H3,(H2,34,36,37)/t23-,24?,27+,32+/m0/s1. The fourth-order valence-electron chi connectivity index (χ4n) is 5.02. The molecule has 6 rings (SSSR count). The smallest absolute Gasteiger partial charge is 0.338 e. The van der Waals surface area contributed by atoms with Gasteiger partial charge in [0.1, 0.15) is 17.7 Å². The molecule has 1 fully saturated rings. The zero-order valence-electron chi connectivity index (χ0n) is 23.8. The number of ether oxygens (including phenoxy) is 4. The second-order valence-electron chi connectivity index (χ2n) is 10.4. The maximum Gasteiger partial charge on any atom is 0.338 e. The van der Waals surface area contributed by atoms with Crippen LogP contribution in [0.5, 0.6) is 0 Å². The molecule has 1 aliphatic heterocycles. The molecule has 0 amide bonds. The van der Waals surface area contributed by atoms with Crippen molar-refractivity contribution in [2.24, 2.45) is 0 Å². The Bertz CT molecular complexity index is 1860. The normalized spacial score (nSPS) is 20.9. The lowest BCUT2D eigenvalue weighted by atomic mass is 9.97. The zero-order chi connectivity index (χ0) is 31.6. The Morgan fingerprint density at radius 2 is 1.38 bits per heavy atom. The average Bonchev–Trinajstić information content (AvgIpc) is 3.60. The molecule has 2 aromatic heterocycles. The minimum absolute atomic E-state index is 0.00122. The molecule has 1 saturated heterocycles. The van der Waals surface area contributed by atoms with Gasteiger partial charge in [0.2, 0.25) is 5.95 Å². The van der Waals surface area contributed by atoms with E-state index in [1.54, 1.807) is 97.9 Å². The number of carbonyl (C=O) groups excluding carboxylic acids is 3. The number of aromatic nitrogens is 4. The summed E-state index contributed by atoms with van der Waals surface area (Å²) in [6, 6.07) is 25.0. The van der Waals surface area contributed by atoms with E-state index in [9.17, 15) is 14.4 Å². The molecule has 228 valence electrons. The van der Waals surface area contributed by atoms with E-state index in [0.29, 0.717) is 5.56 Å². The van der Waals surface area contributed by atoms with Crippen molar-refractivity contribution >= 4 is 46.6 Å². The second kappa shape index (κ2) is 12.3. The van der Waals surface area contributed by atoms with Crippen molar-refractivity contribution in [3.63, 3.8) is 0 Å². The number of hydrogen-bond acceptors (Lipinski definition) is 11. The predicted molar refractivity (Wildman–Crippen MR) is 161 cm³/mol. The highest BCUT2D eigenvalue weighted by atomic mass is 35.5. The number of anilines is 1. The van der Waals surface area contributed by atoms with Gasteiger partial charge in [0.25, 0.3) is 0 Å². The first kappa shape index (κ1) is 29.7. The van der Waals surface area contributed by atoms with Gasteiger partial charge < -0.3 is 24.7 Å². The average molecular weight is 628 g/mol. The van der Waals surface area contributed by atoms with Gasteiger partial charge in [0.15, 0.2) is 29.2 Å². The van der Waals surface area contributed by atoms with Crippen LogP contribution in [-0.2, 0) is 18.9 Å². The molecule has 4 atom stereocenters. The van der Waals surface area contributed by atoms with Gasteiger partial charge in [-0.15, -0.1) is 0 Å². The van der Waals surface area contributed by atoms with Gasteiger partial charge in [-0.25, -0.2) is 19.4 Å². The first-order valence-electron chi connectivity index (χ1n) is 13.8. The van der Waals surface area contributed by atoms with Crippen molar-refractivity contribution in [2.45, 2.75) is 31.0 Å². The number of hydrogen-bond donors (Lipinski definition) is 1. The summed E-state index contributed by atoms with van der Waals surface area (Å²) in [6.45, 7) is 1.21. The van der Waals surface area contributed by atoms with Gasteiger partial charge in [-0.05, 0) is 43.3 Å². The van der Waals surface area contributed by atoms with Crippen LogP contribution in [0, 0.1) is 0 Å². The number of imidazole rings is 1. The topological polar surface area (TPSA) is 158 Å². The first-order chi connectivity index (χ1) is 21.7. The SMILES string of the molecule is C[C@]1(COC(=O)c2ccccc2)O[C@@H](n2cnc3c(Cl)nc(N)nc32)[C@@H](OC(=O)c2ccccc2)C1OC(=O)c1ccccc1. The second-order valence-corrected chi connectivity index (χ2v) is 10.7. The summed E-state index contributed by atoms with van der Waals surface area (Å²) in [5.74, 6) is -2.18. The van der Waals surface area contributed by atoms with Gasteiger partial charge in [-0.1, -0.05) is 66.2 Å². The molecule has 13 heteroatoms. The lowest BCUT2D eigenvalue weighted by molar-refractivity contribution is -0.120. The highest BCUT2D eigenvalue weighted by molar-refractivity contribution is 6.33. The summed E-state index contributed by atoms with van der Waals surface area (Å²) in [5.41, 5.74) is 5.54. The maximum atomic E-state index is 13.5. The quantitative estimate of drug-likeness (QED) is 0.145. The summed E-state index contributed by atoms with van der Waals surface area (Å²) in [4.78, 5) is 52.4. The monoisotopic (exact) mass is 627 g/mol. The summed E-state index contributed by atoms with van der Waals surface area (Å²) < 4.78 is 25.7. The van der Waals surface area contributed by atoms with Crippen LogP contribution >= 0.6 is 11.6 Å². The number of rotatable bonds is 8. The highest BCUT2D eigenvalue weighted by Crippen LogP contribution is 2.43. The molecule has 3 heterocycles. The van der Waals surface area contributed by atoms with Gasteiger partial charge in [-0.2, -0.15) is 9.97 Å². The van der Waals surface area contributed by atoms with E-state index in [0.717, 1.165) is 0 Å². The fraction of sp³-hybridized carbons (Fsp3) is 0.188. The Kier molecular flexibility index (Phi) is 8.16. The molecule has 1 aliphatic rings. The van der Waals surface area contributed by atoms with Crippen molar-refractivity contribution in [3.8, 4) is 0 Å². The summed E-state index contributed by atoms with van der Waals surface area (Å²) in [7, 11) is 0. The third kappa shape index (κ3) is 6.06. The van der Waals surface area contributed by atoms with Crippen molar-refractivity contribution in [3.05, 3.63) is 119 Å². The maximum absolute atomic E-state index is 13.5. The molecule has 45 heavy (non-hydrogen) atoms. The molecule has 0 bridgehead atoms. The van der Waals surface area contributed by atoms with Gasteiger partial charge in [0, 0.05) is 0 Å². The first-order valence-corrected chi connectivity index (χ1v) is 14.2. The number of benzene rings is 3. The fourth-order valence-corrected chi connectivity index (χ4v) is 5.24. The van der Waals surface area contributed by atoms with E-state index in [-0.39, 0.29) is 40.0 Å². The van der Waals surface area contributed by atoms with Crippen LogP contribution in [0.3, 0.4) is 0 Å². The number of esters is 3. The third-order valence-electron chi connectivity index (χ3n) is 7.24. The molecular weight excluding hydrogens is 602 g/mol. The molecule has 0 radical (unpaired) electrons. The third-order valence-corrected chi connectivity index (χ3v) is 7.50. The van der Waals surface area contributed by atoms with E-state index in [1.165, 1.54) is 10.9 Å². The van der Waals surface area contributed by atoms with Crippen LogP contribution in [-0.4, -0.2) is 61.8 Å². The Morgan fingerprint density at radius 1 is 0.844 bits per heavy atom. The molecule has 0 spiro atoms. The van der Waals surface area contributed by atoms with Crippen molar-refractivity contribution in [2.75, 3.05) is 12.3 Å². The Balaban J connectivity index is 1.42. The van der Waals surface area contributed by atoms with E-state index >= 15 is 0 Å². The van der Waals surface area contributed by atoms with Crippen LogP contribution in [0.25, 0.3) is 11.2 Å². The van der Waals surface area contributed by atoms with E-state index in [4.69, 9.17) is 36.3 Å². The molecule has 0 saturated carbocycles. The van der Waals surface area contributed by atoms with E-state index in [2.05, 4.69) is 15.0 Å². The molecular formula is C32H26ClN5O7. The van der Waals surface area contributed by atoms with Crippen LogP contribution in [0.2, 0.25) is 5.15 Å². The van der Waals surface area contributed by atoms with Crippen molar-refractivity contribution in [1.29, 1.82) is 0 Å². The number of halogens is 1. The molecule has 3 aromatic carbocycles. The minimum atomic E-state index is -1.54. The Morgan fingerprint density at radius 3 is 1.96 bits per heavy atom. The number of nitrogen functional groups attached to an aromatic ring is 1. The highest BCUT2D eigenvalue weighted by Gasteiger charge is 2.59. The molecule has 0 aliphatic carbocycles. The lowest BCUT2D eigenvalue weighted by Crippen LogP contribution is -2.48. The zero-order valence-corrected chi connectivity index (χ0v) is 24.5. The summed E-state index contributed by atoms with van der Waals surface area (Å²) >= 11 is 6.29. The summed E-state index contributed by atoms with van der Waals surface area (Å²) in [5, 5.41) is -0.00122. The molecule has 1 unspecified atom stereocenters. The molecule has 2 N–H and O–H groups in total. The van der Waals surface area contributed by atoms with Crippen LogP contribution in [0.15, 0.2) is 97.3 Å². The number of fused-ring (bicyclic) bond motifs is 1. The van der Waals surface area contributed by atoms with Crippen molar-refractivity contribution < 1.29 is 33.3 Å². The van der Waals surface area contributed by atoms with Gasteiger partial charge in [0.05, 0.1) is 23.0 Å². The van der Waals surface area contributed by atoms with Crippen LogP contribution < -0.4 is 5.73 Å². The van der Waals surface area contributed by atoms with E-state index < -0.39 is 41.9 Å². The van der Waals surface area contributed by atoms with Crippen LogP contribution in [0.4, 0.5) is 5.95 Å². The summed E-state index contributed by atoms with van der Waals surface area (Å²) in [6.07, 6.45) is -2.41. The number of carbonyl (C=O) groups is 3. The van der Waals surface area contributed by atoms with Crippen LogP contribution in [0.1, 0.15) is 44.2 Å². The largest absolute Gasteiger partial charge is 0.459 e. The minimum Gasteiger partial charge on any atom is -0.459 e. The lowest BCUT2D eigenvalue weighted by Gasteiger charge is -2.30. The number of nitrogens with zero attached hydrogens (tertiary/aromatic N) is 4. The molecule has 5 aromatic rings. The van der Waals surface area contributed by atoms with Crippen molar-refractivity contribution in [1.82, 2.24) is 19.5 Å². The van der Waals surface area contributed by atoms with Gasteiger partial charge in [-0.3, -0.25) is 4.57 Å². The van der Waals surface area contributed by atoms with Gasteiger partial charge >= 0.3 is 17.9 Å². The predicted octanol–water partition coefficient (Wildman–Crippen LogP) is 4.66. The Labute approximate surface area is 261 Å². The Hall–Kier alpha value is -5.33. The van der Waals surface area contributed by atoms with E-state index in [1.807, 2.05) is 0 Å². The molecule has 12 nitrogen and oxygen atoms in total.